The van der Waals surface area contributed by atoms with Crippen molar-refractivity contribution < 1.29 is 0 Å². The van der Waals surface area contributed by atoms with Gasteiger partial charge in [-0.1, -0.05) is 0 Å². The normalized spacial score (nSPS) is 0. The van der Waals surface area contributed by atoms with Crippen LogP contribution in [0.1, 0.15) is 0 Å². The van der Waals surface area contributed by atoms with Crippen molar-refractivity contribution in [3.63, 3.8) is 0 Å². The Morgan fingerprint density at radius 2 is 0.100 bits per heavy atom. The van der Waals surface area contributed by atoms with Gasteiger partial charge in [-0.3, -0.25) is 0 Å². The molecule has 0 fully saturated rings. The van der Waals surface area contributed by atoms with Crippen molar-refractivity contribution in [2.75, 3.05) is 0 Å². The zero-order valence-electron chi connectivity index (χ0n) is 6.12. The molecular formula is H20Cl15Na5. The Kier molecular flexibility index (Phi) is 3270. The first kappa shape index (κ1) is 270. The molecule has 0 aromatic heterocycles. The summed E-state index contributed by atoms with van der Waals surface area (Å²) in [5, 5.41) is 0. The van der Waals surface area contributed by atoms with Crippen LogP contribution >= 0.6 is 186 Å². The molecule has 20 heteroatoms. The van der Waals surface area contributed by atoms with Gasteiger partial charge in [0.2, 0.25) is 0 Å². The van der Waals surface area contributed by atoms with Crippen LogP contribution in [-0.4, -0.2) is 148 Å². The van der Waals surface area contributed by atoms with Gasteiger partial charge in [-0.05, 0) is 0 Å². The van der Waals surface area contributed by atoms with E-state index in [1.54, 1.807) is 0 Å². The molecule has 0 N–H and O–H groups in total. The van der Waals surface area contributed by atoms with Crippen LogP contribution in [0.25, 0.3) is 0 Å². The topological polar surface area (TPSA) is 0 Å². The number of rotatable bonds is 0. The molecule has 0 radical (unpaired) electrons. The summed E-state index contributed by atoms with van der Waals surface area (Å²) >= 11 is 0. The van der Waals surface area contributed by atoms with Gasteiger partial charge in [0.25, 0.3) is 0 Å². The van der Waals surface area contributed by atoms with E-state index in [2.05, 4.69) is 0 Å². The van der Waals surface area contributed by atoms with E-state index in [0.29, 0.717) is 0 Å². The second kappa shape index (κ2) is 243. The predicted octanol–water partition coefficient (Wildman–Crippen LogP) is 3.08. The van der Waals surface area contributed by atoms with Crippen LogP contribution in [-0.2, 0) is 0 Å². The molecule has 130 valence electrons. The van der Waals surface area contributed by atoms with E-state index < -0.39 is 0 Å². The summed E-state index contributed by atoms with van der Waals surface area (Å²) < 4.78 is 0. The van der Waals surface area contributed by atoms with Gasteiger partial charge in [0.05, 0.1) is 0 Å². The fourth-order valence-corrected chi connectivity index (χ4v) is 0. The van der Waals surface area contributed by atoms with Crippen LogP contribution < -0.4 is 0 Å². The summed E-state index contributed by atoms with van der Waals surface area (Å²) in [5.41, 5.74) is 0. The fraction of sp³-hybridized carbons (Fsp3) is 0. The van der Waals surface area contributed by atoms with Crippen LogP contribution in [0, 0.1) is 0 Å². The third-order valence-corrected chi connectivity index (χ3v) is 0. The number of hydrogen-bond donors (Lipinski definition) is 0. The molecule has 0 saturated heterocycles. The van der Waals surface area contributed by atoms with E-state index in [1.165, 1.54) is 0 Å². The molecule has 0 unspecified atom stereocenters. The Hall–Kier alpha value is 9.35. The summed E-state index contributed by atoms with van der Waals surface area (Å²) in [4.78, 5) is 0. The van der Waals surface area contributed by atoms with Gasteiger partial charge in [0, 0.05) is 0 Å². The second-order valence-corrected chi connectivity index (χ2v) is 0. The molecule has 0 nitrogen and oxygen atoms in total. The number of halogens is 15. The SMILES string of the molecule is Cl.Cl.Cl.Cl.Cl.Cl.Cl.Cl.Cl.Cl.Cl.Cl.Cl.Cl.Cl.[NaH].[NaH].[NaH].[NaH].[NaH]. The van der Waals surface area contributed by atoms with Gasteiger partial charge in [0.15, 0.2) is 0 Å². The van der Waals surface area contributed by atoms with Crippen molar-refractivity contribution in [3.8, 4) is 0 Å². The first-order valence-corrected chi connectivity index (χ1v) is 0. The third-order valence-electron chi connectivity index (χ3n) is 0. The van der Waals surface area contributed by atoms with Crippen molar-refractivity contribution >= 4 is 334 Å². The van der Waals surface area contributed by atoms with Gasteiger partial charge >= 0.3 is 148 Å². The van der Waals surface area contributed by atoms with Crippen molar-refractivity contribution in [1.82, 2.24) is 0 Å². The van der Waals surface area contributed by atoms with Crippen molar-refractivity contribution in [1.29, 1.82) is 0 Å². The van der Waals surface area contributed by atoms with E-state index >= 15 is 0 Å². The molecule has 0 aromatic rings. The molecule has 0 amide bonds. The molecular weight excluding hydrogens is 647 g/mol. The number of hydrogen-bond acceptors (Lipinski definition) is 0. The molecule has 0 aromatic carbocycles. The van der Waals surface area contributed by atoms with Crippen molar-refractivity contribution in [2.24, 2.45) is 0 Å². The van der Waals surface area contributed by atoms with E-state index in [4.69, 9.17) is 0 Å². The molecule has 0 aliphatic rings. The molecule has 0 aliphatic heterocycles. The van der Waals surface area contributed by atoms with E-state index in [1.807, 2.05) is 0 Å². The molecule has 0 spiro atoms. The Labute approximate surface area is 326 Å². The van der Waals surface area contributed by atoms with Crippen LogP contribution in [0.3, 0.4) is 0 Å². The maximum absolute atomic E-state index is 0. The molecule has 0 atom stereocenters. The second-order valence-electron chi connectivity index (χ2n) is 0. The van der Waals surface area contributed by atoms with Crippen LogP contribution in [0.2, 0.25) is 0 Å². The van der Waals surface area contributed by atoms with Gasteiger partial charge in [0.1, 0.15) is 0 Å². The minimum atomic E-state index is 0. The van der Waals surface area contributed by atoms with Crippen LogP contribution in [0.5, 0.6) is 0 Å². The first-order valence-electron chi connectivity index (χ1n) is 0. The zero-order chi connectivity index (χ0) is 0. The van der Waals surface area contributed by atoms with Crippen LogP contribution in [0.15, 0.2) is 0 Å². The van der Waals surface area contributed by atoms with Gasteiger partial charge in [-0.2, -0.15) is 0 Å². The molecule has 20 heavy (non-hydrogen) atoms. The summed E-state index contributed by atoms with van der Waals surface area (Å²) in [6.45, 7) is 0. The molecule has 0 bridgehead atoms. The summed E-state index contributed by atoms with van der Waals surface area (Å²) in [6.07, 6.45) is 0. The van der Waals surface area contributed by atoms with Crippen molar-refractivity contribution in [2.45, 2.75) is 0 Å². The summed E-state index contributed by atoms with van der Waals surface area (Å²) in [6, 6.07) is 0. The van der Waals surface area contributed by atoms with Gasteiger partial charge < -0.3 is 0 Å². The Morgan fingerprint density at radius 3 is 0.100 bits per heavy atom. The van der Waals surface area contributed by atoms with E-state index in [0.717, 1.165) is 0 Å². The molecule has 0 saturated carbocycles. The van der Waals surface area contributed by atoms with Crippen molar-refractivity contribution in [3.05, 3.63) is 0 Å². The summed E-state index contributed by atoms with van der Waals surface area (Å²) in [5.74, 6) is 0. The zero-order valence-corrected chi connectivity index (χ0v) is 18.4. The molecule has 0 rings (SSSR count). The van der Waals surface area contributed by atoms with E-state index in [9.17, 15) is 0 Å². The average molecular weight is 667 g/mol. The summed E-state index contributed by atoms with van der Waals surface area (Å²) in [7, 11) is 0. The average Bonchev–Trinajstić information content (AvgIpc) is 0. The fourth-order valence-electron chi connectivity index (χ4n) is 0. The molecule has 0 heterocycles. The van der Waals surface area contributed by atoms with Gasteiger partial charge in [-0.25, -0.2) is 0 Å². The third kappa shape index (κ3) is 217. The van der Waals surface area contributed by atoms with Crippen LogP contribution in [0.4, 0.5) is 0 Å². The molecule has 0 aliphatic carbocycles. The monoisotopic (exact) mass is 660 g/mol. The Balaban J connectivity index is 0. The Bertz CT molecular complexity index is 16.2. The first-order chi connectivity index (χ1) is 0. The Morgan fingerprint density at radius 1 is 0.100 bits per heavy atom. The predicted molar refractivity (Wildman–Crippen MR) is 144 cm³/mol. The standard InChI is InChI=1S/15ClH.5Na.5H/h15*1H;;;;;;;;;;. The van der Waals surface area contributed by atoms with Gasteiger partial charge in [-0.15, -0.1) is 186 Å². The maximum atomic E-state index is 0. The van der Waals surface area contributed by atoms with E-state index in [-0.39, 0.29) is 334 Å². The minimum absolute atomic E-state index is 0. The quantitative estimate of drug-likeness (QED) is 0.349.